The summed E-state index contributed by atoms with van der Waals surface area (Å²) in [5, 5.41) is 7.24. The summed E-state index contributed by atoms with van der Waals surface area (Å²) in [5.41, 5.74) is 9.12. The molecule has 10 aromatic rings. The number of hydrogen-bond donors (Lipinski definition) is 0. The van der Waals surface area contributed by atoms with Crippen molar-refractivity contribution in [2.45, 2.75) is 9.79 Å². The second-order valence-corrected chi connectivity index (χ2v) is 14.9. The van der Waals surface area contributed by atoms with Crippen molar-refractivity contribution in [3.63, 3.8) is 0 Å². The first kappa shape index (κ1) is 25.6. The number of rotatable bonds is 1. The molecule has 6 heteroatoms. The zero-order valence-corrected chi connectivity index (χ0v) is 27.0. The molecule has 0 spiro atoms. The molecule has 48 heavy (non-hydrogen) atoms. The van der Waals surface area contributed by atoms with Gasteiger partial charge in [0.25, 0.3) is 6.71 Å². The van der Waals surface area contributed by atoms with Crippen LogP contribution in [0.1, 0.15) is 0 Å². The maximum Gasteiger partial charge on any atom is 0.253 e. The molecule has 7 aromatic carbocycles. The summed E-state index contributed by atoms with van der Waals surface area (Å²) >= 11 is 3.71. The zero-order chi connectivity index (χ0) is 31.1. The fourth-order valence-corrected chi connectivity index (χ4v) is 10.8. The van der Waals surface area contributed by atoms with Gasteiger partial charge in [-0.05, 0) is 47.3 Å². The van der Waals surface area contributed by atoms with Crippen LogP contribution in [0, 0.1) is 0 Å². The summed E-state index contributed by atoms with van der Waals surface area (Å²) in [6.07, 6.45) is 0. The van der Waals surface area contributed by atoms with Crippen molar-refractivity contribution in [1.82, 2.24) is 4.57 Å². The maximum absolute atomic E-state index is 6.83. The van der Waals surface area contributed by atoms with E-state index in [0.29, 0.717) is 0 Å². The van der Waals surface area contributed by atoms with Crippen molar-refractivity contribution in [1.29, 1.82) is 0 Å². The maximum atomic E-state index is 6.83. The summed E-state index contributed by atoms with van der Waals surface area (Å²) < 4.78 is 18.6. The average Bonchev–Trinajstić information content (AvgIpc) is 3.81. The highest BCUT2D eigenvalue weighted by molar-refractivity contribution is 8.00. The van der Waals surface area contributed by atoms with Crippen LogP contribution in [-0.4, -0.2) is 11.3 Å². The molecule has 0 atom stereocenters. The molecule has 12 rings (SSSR count). The molecule has 0 saturated heterocycles. The molecule has 0 fully saturated rings. The van der Waals surface area contributed by atoms with Crippen LogP contribution in [0.5, 0.6) is 11.5 Å². The third kappa shape index (κ3) is 3.17. The largest absolute Gasteiger partial charge is 0.458 e. The van der Waals surface area contributed by atoms with E-state index in [-0.39, 0.29) is 6.71 Å². The van der Waals surface area contributed by atoms with E-state index in [4.69, 9.17) is 9.15 Å². The van der Waals surface area contributed by atoms with Crippen molar-refractivity contribution in [2.24, 2.45) is 0 Å². The number of aromatic nitrogens is 1. The quantitative estimate of drug-likeness (QED) is 0.166. The van der Waals surface area contributed by atoms with Crippen LogP contribution in [0.2, 0.25) is 0 Å². The third-order valence-electron chi connectivity index (χ3n) is 10.3. The Morgan fingerprint density at radius 1 is 0.583 bits per heavy atom. The fourth-order valence-electron chi connectivity index (χ4n) is 8.39. The molecule has 0 bridgehead atoms. The lowest BCUT2D eigenvalue weighted by molar-refractivity contribution is 0.486. The van der Waals surface area contributed by atoms with Gasteiger partial charge >= 0.3 is 0 Å². The number of nitrogens with zero attached hydrogens (tertiary/aromatic N) is 1. The lowest BCUT2D eigenvalue weighted by Crippen LogP contribution is -2.57. The molecular weight excluding hydrogens is 625 g/mol. The predicted molar refractivity (Wildman–Crippen MR) is 203 cm³/mol. The van der Waals surface area contributed by atoms with E-state index >= 15 is 0 Å². The number of fused-ring (bicyclic) bond motifs is 16. The Morgan fingerprint density at radius 2 is 1.33 bits per heavy atom. The molecule has 5 heterocycles. The number of hydrogen-bond acceptors (Lipinski definition) is 4. The van der Waals surface area contributed by atoms with E-state index in [0.717, 1.165) is 39.1 Å². The van der Waals surface area contributed by atoms with Gasteiger partial charge < -0.3 is 13.7 Å². The third-order valence-corrected chi connectivity index (χ3v) is 12.6. The number of para-hydroxylation sites is 3. The molecule has 0 amide bonds. The first-order valence-electron chi connectivity index (χ1n) is 16.2. The van der Waals surface area contributed by atoms with Gasteiger partial charge in [0.15, 0.2) is 0 Å². The first-order valence-corrected chi connectivity index (χ1v) is 17.8. The minimum Gasteiger partial charge on any atom is -0.458 e. The highest BCUT2D eigenvalue weighted by atomic mass is 32.2. The van der Waals surface area contributed by atoms with E-state index in [9.17, 15) is 0 Å². The van der Waals surface area contributed by atoms with Gasteiger partial charge in [-0.2, -0.15) is 0 Å². The van der Waals surface area contributed by atoms with Crippen molar-refractivity contribution in [2.75, 3.05) is 0 Å². The first-order chi connectivity index (χ1) is 23.8. The molecule has 2 aliphatic rings. The highest BCUT2D eigenvalue weighted by Crippen LogP contribution is 2.51. The van der Waals surface area contributed by atoms with E-state index in [1.54, 1.807) is 0 Å². The molecule has 3 aromatic heterocycles. The lowest BCUT2D eigenvalue weighted by Gasteiger charge is -2.33. The number of ether oxygens (including phenoxy) is 1. The molecule has 0 radical (unpaired) electrons. The van der Waals surface area contributed by atoms with E-state index < -0.39 is 0 Å². The summed E-state index contributed by atoms with van der Waals surface area (Å²) in [5.74, 6) is 1.85. The topological polar surface area (TPSA) is 27.3 Å². The molecule has 2 aliphatic heterocycles. The Bertz CT molecular complexity index is 2940. The molecule has 222 valence electrons. The zero-order valence-electron chi connectivity index (χ0n) is 25.4. The molecular formula is C42H22BNO2S2. The van der Waals surface area contributed by atoms with Gasteiger partial charge in [0.1, 0.15) is 22.7 Å². The monoisotopic (exact) mass is 647 g/mol. The van der Waals surface area contributed by atoms with Crippen LogP contribution in [0.3, 0.4) is 0 Å². The van der Waals surface area contributed by atoms with Crippen LogP contribution in [0.15, 0.2) is 148 Å². The second-order valence-electron chi connectivity index (χ2n) is 12.7. The van der Waals surface area contributed by atoms with Gasteiger partial charge in [-0.3, -0.25) is 0 Å². The Hall–Kier alpha value is -5.43. The summed E-state index contributed by atoms with van der Waals surface area (Å²) in [6, 6.07) is 48.1. The predicted octanol–water partition coefficient (Wildman–Crippen LogP) is 10.1. The van der Waals surface area contributed by atoms with Crippen LogP contribution in [-0.2, 0) is 0 Å². The van der Waals surface area contributed by atoms with Crippen LogP contribution in [0.4, 0.5) is 0 Å². The van der Waals surface area contributed by atoms with Crippen LogP contribution >= 0.6 is 23.1 Å². The Kier molecular flexibility index (Phi) is 4.88. The van der Waals surface area contributed by atoms with Gasteiger partial charge in [0, 0.05) is 52.2 Å². The van der Waals surface area contributed by atoms with Crippen molar-refractivity contribution < 1.29 is 9.15 Å². The Labute approximate surface area is 283 Å². The summed E-state index contributed by atoms with van der Waals surface area (Å²) in [6.45, 7) is 0.132. The van der Waals surface area contributed by atoms with Gasteiger partial charge in [-0.1, -0.05) is 108 Å². The van der Waals surface area contributed by atoms with Crippen molar-refractivity contribution in [3.8, 4) is 17.2 Å². The van der Waals surface area contributed by atoms with Crippen molar-refractivity contribution in [3.05, 3.63) is 133 Å². The minimum absolute atomic E-state index is 0.132. The average molecular weight is 648 g/mol. The smallest absolute Gasteiger partial charge is 0.253 e. The Morgan fingerprint density at radius 3 is 2.27 bits per heavy atom. The molecule has 0 unspecified atom stereocenters. The summed E-state index contributed by atoms with van der Waals surface area (Å²) in [7, 11) is 0. The van der Waals surface area contributed by atoms with Gasteiger partial charge in [-0.25, -0.2) is 0 Å². The molecule has 3 nitrogen and oxygen atoms in total. The lowest BCUT2D eigenvalue weighted by atomic mass is 9.35. The summed E-state index contributed by atoms with van der Waals surface area (Å²) in [4.78, 5) is 2.54. The van der Waals surface area contributed by atoms with Gasteiger partial charge in [0.2, 0.25) is 0 Å². The number of thiophene rings is 1. The van der Waals surface area contributed by atoms with Crippen LogP contribution < -0.4 is 21.1 Å². The minimum atomic E-state index is 0.132. The van der Waals surface area contributed by atoms with E-state index in [1.807, 2.05) is 23.1 Å². The fraction of sp³-hybridized carbons (Fsp3) is 0. The van der Waals surface area contributed by atoms with E-state index in [2.05, 4.69) is 138 Å². The molecule has 0 N–H and O–H groups in total. The molecule has 0 aliphatic carbocycles. The number of furan rings is 1. The van der Waals surface area contributed by atoms with Crippen LogP contribution in [0.25, 0.3) is 69.6 Å². The molecule has 0 saturated carbocycles. The van der Waals surface area contributed by atoms with Crippen molar-refractivity contribution >= 4 is 110 Å². The second kappa shape index (κ2) is 9.13. The van der Waals surface area contributed by atoms with E-state index in [1.165, 1.54) is 68.2 Å². The van der Waals surface area contributed by atoms with Gasteiger partial charge in [-0.15, -0.1) is 11.3 Å². The van der Waals surface area contributed by atoms with Gasteiger partial charge in [0.05, 0.1) is 22.1 Å². The standard InChI is InChI=1S/C42H22BNO2S2/c1-6-16-29-24(11-1)37-40(36-25-12-2-7-17-30(25)46-41(36)38-26-13-3-9-19-33(26)48-42(37)38)44(29)23-21-32-39-35(22-23)47-34-20-10-5-15-28(34)43(39)27-14-4-8-18-31(27)45-32/h1-22H. The highest BCUT2D eigenvalue weighted by Gasteiger charge is 2.39. The SMILES string of the molecule is c1ccc2c(c1)Oc1cc(-n3c4ccccc4c4c5sc6ccccc6c5c5oc6ccccc6c5c43)cc3c1B2c1ccccc1S3. The number of benzene rings is 7. The normalized spacial score (nSPS) is 13.5. The Balaban J connectivity index is 1.27.